The van der Waals surface area contributed by atoms with E-state index in [9.17, 15) is 9.65 Å². The summed E-state index contributed by atoms with van der Waals surface area (Å²) in [6.45, 7) is 2.52. The Morgan fingerprint density at radius 3 is 2.55 bits per heavy atom. The van der Waals surface area contributed by atoms with Gasteiger partial charge < -0.3 is 4.90 Å². The lowest BCUT2D eigenvalue weighted by Gasteiger charge is -2.25. The molecule has 0 radical (unpaired) electrons. The molecule has 0 fully saturated rings. The predicted molar refractivity (Wildman–Crippen MR) is 82.9 cm³/mol. The largest absolute Gasteiger partial charge is 0.338 e. The van der Waals surface area contributed by atoms with E-state index >= 15 is 0 Å². The number of hydrogen-bond donors (Lipinski definition) is 0. The fourth-order valence-electron chi connectivity index (χ4n) is 2.13. The van der Waals surface area contributed by atoms with Crippen LogP contribution in [0.15, 0.2) is 42.5 Å². The van der Waals surface area contributed by atoms with Crippen LogP contribution in [0.25, 0.3) is 0 Å². The lowest BCUT2D eigenvalue weighted by atomic mass is 10.1. The highest BCUT2D eigenvalue weighted by molar-refractivity contribution is 9.08. The van der Waals surface area contributed by atoms with Gasteiger partial charge in [0.1, 0.15) is 11.9 Å². The second-order valence-corrected chi connectivity index (χ2v) is 4.85. The minimum atomic E-state index is -0.289. The zero-order valence-corrected chi connectivity index (χ0v) is 12.7. The molecule has 0 spiro atoms. The van der Waals surface area contributed by atoms with Crippen molar-refractivity contribution in [1.29, 1.82) is 5.26 Å². The zero-order valence-electron chi connectivity index (χ0n) is 11.1. The average molecular weight is 333 g/mol. The molecule has 0 atom stereocenters. The number of halogens is 2. The van der Waals surface area contributed by atoms with Gasteiger partial charge in [-0.3, -0.25) is 0 Å². The minimum Gasteiger partial charge on any atom is -0.338 e. The van der Waals surface area contributed by atoms with Crippen molar-refractivity contribution in [1.82, 2.24) is 0 Å². The van der Waals surface area contributed by atoms with Crippen molar-refractivity contribution in [2.45, 2.75) is 12.3 Å². The molecule has 2 rings (SSSR count). The van der Waals surface area contributed by atoms with Crippen molar-refractivity contribution in [2.75, 3.05) is 11.4 Å². The van der Waals surface area contributed by atoms with Gasteiger partial charge in [0.15, 0.2) is 0 Å². The van der Waals surface area contributed by atoms with Gasteiger partial charge in [-0.25, -0.2) is 4.39 Å². The summed E-state index contributed by atoms with van der Waals surface area (Å²) in [5.74, 6) is -0.289. The molecule has 2 nitrogen and oxygen atoms in total. The van der Waals surface area contributed by atoms with Gasteiger partial charge in [-0.1, -0.05) is 34.1 Å². The Hall–Kier alpha value is -1.86. The third-order valence-corrected chi connectivity index (χ3v) is 3.73. The van der Waals surface area contributed by atoms with Gasteiger partial charge in [-0.2, -0.15) is 5.26 Å². The normalized spacial score (nSPS) is 10.1. The maximum Gasteiger partial charge on any atom is 0.146 e. The van der Waals surface area contributed by atoms with Crippen LogP contribution in [0, 0.1) is 17.1 Å². The van der Waals surface area contributed by atoms with E-state index in [0.717, 1.165) is 11.3 Å². The Labute approximate surface area is 126 Å². The van der Waals surface area contributed by atoms with E-state index in [0.29, 0.717) is 23.1 Å². The molecule has 0 aliphatic heterocycles. The predicted octanol–water partition coefficient (Wildman–Crippen LogP) is 4.75. The molecule has 20 heavy (non-hydrogen) atoms. The summed E-state index contributed by atoms with van der Waals surface area (Å²) in [7, 11) is 0. The molecule has 0 saturated heterocycles. The Morgan fingerprint density at radius 2 is 1.95 bits per heavy atom. The van der Waals surface area contributed by atoms with Crippen molar-refractivity contribution in [3.05, 3.63) is 59.4 Å². The molecule has 0 aliphatic rings. The van der Waals surface area contributed by atoms with Crippen molar-refractivity contribution in [2.24, 2.45) is 0 Å². The first-order valence-electron chi connectivity index (χ1n) is 6.32. The van der Waals surface area contributed by atoms with Gasteiger partial charge in [0.2, 0.25) is 0 Å². The highest BCUT2D eigenvalue weighted by Gasteiger charge is 2.15. The van der Waals surface area contributed by atoms with Crippen LogP contribution in [0.2, 0.25) is 0 Å². The number of alkyl halides is 1. The van der Waals surface area contributed by atoms with Crippen molar-refractivity contribution < 1.29 is 4.39 Å². The summed E-state index contributed by atoms with van der Waals surface area (Å²) in [6.07, 6.45) is 0. The average Bonchev–Trinajstić information content (AvgIpc) is 2.50. The smallest absolute Gasteiger partial charge is 0.146 e. The molecular formula is C16H14BrFN2. The summed E-state index contributed by atoms with van der Waals surface area (Å²) >= 11 is 3.37. The maximum atomic E-state index is 14.0. The van der Waals surface area contributed by atoms with Crippen molar-refractivity contribution in [3.63, 3.8) is 0 Å². The maximum absolute atomic E-state index is 14.0. The van der Waals surface area contributed by atoms with E-state index in [2.05, 4.69) is 22.0 Å². The molecule has 0 aliphatic carbocycles. The molecule has 0 aromatic heterocycles. The first-order chi connectivity index (χ1) is 9.71. The molecule has 4 heteroatoms. The highest BCUT2D eigenvalue weighted by atomic mass is 79.9. The summed E-state index contributed by atoms with van der Waals surface area (Å²) in [6, 6.07) is 14.4. The van der Waals surface area contributed by atoms with Crippen LogP contribution in [0.5, 0.6) is 0 Å². The summed E-state index contributed by atoms with van der Waals surface area (Å²) in [4.78, 5) is 1.81. The molecule has 0 saturated carbocycles. The third kappa shape index (κ3) is 2.83. The summed E-state index contributed by atoms with van der Waals surface area (Å²) in [5, 5.41) is 10.0. The van der Waals surface area contributed by atoms with E-state index < -0.39 is 0 Å². The number of rotatable bonds is 4. The zero-order chi connectivity index (χ0) is 14.5. The fraction of sp³-hybridized carbons (Fsp3) is 0.188. The van der Waals surface area contributed by atoms with Crippen LogP contribution in [-0.2, 0) is 5.33 Å². The van der Waals surface area contributed by atoms with E-state index in [1.165, 1.54) is 6.07 Å². The topological polar surface area (TPSA) is 27.0 Å². The number of nitrogens with zero attached hydrogens (tertiary/aromatic N) is 2. The number of nitriles is 1. The summed E-state index contributed by atoms with van der Waals surface area (Å²) < 4.78 is 14.0. The van der Waals surface area contributed by atoms with Crippen LogP contribution in [0.4, 0.5) is 15.8 Å². The van der Waals surface area contributed by atoms with Gasteiger partial charge in [0.05, 0.1) is 16.9 Å². The first kappa shape index (κ1) is 14.5. The van der Waals surface area contributed by atoms with Crippen LogP contribution in [0.3, 0.4) is 0 Å². The number of benzene rings is 2. The molecule has 0 amide bonds. The lowest BCUT2D eigenvalue weighted by Crippen LogP contribution is -2.18. The Morgan fingerprint density at radius 1 is 1.20 bits per heavy atom. The molecule has 102 valence electrons. The Kier molecular flexibility index (Phi) is 4.75. The van der Waals surface area contributed by atoms with Crippen LogP contribution < -0.4 is 4.90 Å². The summed E-state index contributed by atoms with van der Waals surface area (Å²) in [5.41, 5.74) is 2.78. The Balaban J connectivity index is 2.53. The van der Waals surface area contributed by atoms with Crippen LogP contribution in [-0.4, -0.2) is 6.54 Å². The molecular weight excluding hydrogens is 319 g/mol. The van der Waals surface area contributed by atoms with Gasteiger partial charge in [-0.05, 0) is 36.8 Å². The van der Waals surface area contributed by atoms with Crippen molar-refractivity contribution in [3.8, 4) is 6.07 Å². The number of para-hydroxylation sites is 1. The molecule has 2 aromatic rings. The van der Waals surface area contributed by atoms with Gasteiger partial charge in [0, 0.05) is 11.9 Å². The molecule has 0 unspecified atom stereocenters. The van der Waals surface area contributed by atoms with E-state index in [4.69, 9.17) is 0 Å². The monoisotopic (exact) mass is 332 g/mol. The second kappa shape index (κ2) is 6.53. The molecule has 0 heterocycles. The van der Waals surface area contributed by atoms with E-state index in [1.54, 1.807) is 18.2 Å². The van der Waals surface area contributed by atoms with E-state index in [-0.39, 0.29) is 5.82 Å². The first-order valence-corrected chi connectivity index (χ1v) is 7.44. The molecule has 2 aromatic carbocycles. The standard InChI is InChI=1S/C16H14BrFN2/c1-2-20(16-6-4-3-5-14(16)18)15-8-7-12(10-17)9-13(15)11-19/h3-9H,2,10H2,1H3. The van der Waals surface area contributed by atoms with Gasteiger partial charge in [0.25, 0.3) is 0 Å². The van der Waals surface area contributed by atoms with E-state index in [1.807, 2.05) is 30.0 Å². The highest BCUT2D eigenvalue weighted by Crippen LogP contribution is 2.30. The molecule has 0 bridgehead atoms. The number of hydrogen-bond acceptors (Lipinski definition) is 2. The van der Waals surface area contributed by atoms with Crippen LogP contribution >= 0.6 is 15.9 Å². The SMILES string of the molecule is CCN(c1ccccc1F)c1ccc(CBr)cc1C#N. The third-order valence-electron chi connectivity index (χ3n) is 3.09. The minimum absolute atomic E-state index is 0.289. The second-order valence-electron chi connectivity index (χ2n) is 4.29. The quantitative estimate of drug-likeness (QED) is 0.755. The van der Waals surface area contributed by atoms with Crippen LogP contribution in [0.1, 0.15) is 18.1 Å². The lowest BCUT2D eigenvalue weighted by molar-refractivity contribution is 0.625. The Bertz CT molecular complexity index is 649. The van der Waals surface area contributed by atoms with Gasteiger partial charge >= 0.3 is 0 Å². The number of anilines is 2. The van der Waals surface area contributed by atoms with Crippen molar-refractivity contribution >= 4 is 27.3 Å². The fourth-order valence-corrected chi connectivity index (χ4v) is 2.48. The van der Waals surface area contributed by atoms with Gasteiger partial charge in [-0.15, -0.1) is 0 Å². The molecule has 0 N–H and O–H groups in total.